The summed E-state index contributed by atoms with van der Waals surface area (Å²) in [6.07, 6.45) is 3.85. The van der Waals surface area contributed by atoms with E-state index in [2.05, 4.69) is 169 Å². The van der Waals surface area contributed by atoms with Gasteiger partial charge >= 0.3 is 0 Å². The predicted octanol–water partition coefficient (Wildman–Crippen LogP) is 10.5. The number of aromatic nitrogens is 1. The summed E-state index contributed by atoms with van der Waals surface area (Å²) >= 11 is 0. The van der Waals surface area contributed by atoms with E-state index in [4.69, 9.17) is 4.99 Å². The van der Waals surface area contributed by atoms with Gasteiger partial charge in [-0.05, 0) is 80.4 Å². The molecule has 0 spiro atoms. The van der Waals surface area contributed by atoms with Crippen LogP contribution in [-0.2, 0) is 5.41 Å². The number of aliphatic imine (C=N–C) groups is 1. The predicted molar refractivity (Wildman–Crippen MR) is 192 cm³/mol. The Labute approximate surface area is 269 Å². The molecule has 220 valence electrons. The molecule has 0 fully saturated rings. The summed E-state index contributed by atoms with van der Waals surface area (Å²) in [5, 5.41) is 6.07. The van der Waals surface area contributed by atoms with Gasteiger partial charge in [-0.15, -0.1) is 0 Å². The number of hydrogen-bond donors (Lipinski definition) is 1. The molecule has 3 nitrogen and oxygen atoms in total. The number of allylic oxidation sites excluding steroid dienone is 1. The van der Waals surface area contributed by atoms with E-state index in [1.54, 1.807) is 0 Å². The van der Waals surface area contributed by atoms with Crippen LogP contribution >= 0.6 is 0 Å². The molecule has 2 aliphatic rings. The molecule has 1 unspecified atom stereocenters. The van der Waals surface area contributed by atoms with Crippen molar-refractivity contribution in [1.82, 2.24) is 9.88 Å². The van der Waals surface area contributed by atoms with Gasteiger partial charge in [-0.25, -0.2) is 4.99 Å². The van der Waals surface area contributed by atoms with Crippen molar-refractivity contribution in [2.24, 2.45) is 4.99 Å². The highest BCUT2D eigenvalue weighted by molar-refractivity contribution is 6.12. The molecule has 9 rings (SSSR count). The summed E-state index contributed by atoms with van der Waals surface area (Å²) < 4.78 is 2.37. The Morgan fingerprint density at radius 1 is 0.543 bits per heavy atom. The lowest BCUT2D eigenvalue weighted by atomic mass is 9.82. The molecular weight excluding hydrogens is 558 g/mol. The van der Waals surface area contributed by atoms with Gasteiger partial charge < -0.3 is 9.88 Å². The van der Waals surface area contributed by atoms with Gasteiger partial charge in [-0.3, -0.25) is 0 Å². The van der Waals surface area contributed by atoms with Crippen molar-refractivity contribution in [3.8, 4) is 33.4 Å². The molecule has 2 heterocycles. The maximum Gasteiger partial charge on any atom is 0.201 e. The lowest BCUT2D eigenvalue weighted by Crippen LogP contribution is -2.25. The van der Waals surface area contributed by atoms with Crippen molar-refractivity contribution in [3.05, 3.63) is 168 Å². The molecule has 1 N–H and O–H groups in total. The molecule has 7 aromatic rings. The Balaban J connectivity index is 1.11. The van der Waals surface area contributed by atoms with Crippen LogP contribution in [0.2, 0.25) is 0 Å². The summed E-state index contributed by atoms with van der Waals surface area (Å²) in [6, 6.07) is 50.5. The zero-order valence-electron chi connectivity index (χ0n) is 25.9. The maximum absolute atomic E-state index is 5.30. The van der Waals surface area contributed by atoms with Crippen molar-refractivity contribution >= 4 is 27.5 Å². The number of fused-ring (bicyclic) bond motifs is 6. The Bertz CT molecular complexity index is 2350. The molecule has 0 saturated heterocycles. The standard InChI is InChI=1S/C43H33N3/c1-43(2)37-17-8-6-15-33(37)35-26-36-34-16-7-9-18-40(34)46(41(36)27-38(35)43)42-44-24-23-39(45-42)30-21-19-29(20-22-30)32-14-10-13-31(25-32)28-11-4-3-5-12-28/h3-27,42,44H,1-2H3. The molecule has 1 aliphatic heterocycles. The number of nitrogens with one attached hydrogen (secondary N) is 1. The molecule has 3 heteroatoms. The van der Waals surface area contributed by atoms with Gasteiger partial charge in [-0.2, -0.15) is 0 Å². The van der Waals surface area contributed by atoms with Gasteiger partial charge in [0.25, 0.3) is 0 Å². The normalized spacial score (nSPS) is 16.2. The SMILES string of the molecule is CC1(C)c2ccccc2-c2cc3c4ccccc4n(C4N=C(c5ccc(-c6cccc(-c7ccccc7)c6)cc5)C=CN4)c3cc21. The third kappa shape index (κ3) is 4.09. The highest BCUT2D eigenvalue weighted by Crippen LogP contribution is 2.51. The maximum atomic E-state index is 5.30. The minimum absolute atomic E-state index is 0.0713. The first-order valence-electron chi connectivity index (χ1n) is 16.0. The Morgan fingerprint density at radius 3 is 2.04 bits per heavy atom. The Hall–Kier alpha value is -5.67. The second kappa shape index (κ2) is 10.2. The lowest BCUT2D eigenvalue weighted by Gasteiger charge is -2.24. The van der Waals surface area contributed by atoms with E-state index >= 15 is 0 Å². The van der Waals surface area contributed by atoms with Crippen LogP contribution in [-0.4, -0.2) is 10.3 Å². The number of hydrogen-bond acceptors (Lipinski definition) is 2. The fraction of sp³-hybridized carbons (Fsp3) is 0.0930. The first kappa shape index (κ1) is 26.7. The molecule has 0 amide bonds. The molecule has 0 saturated carbocycles. The second-order valence-corrected chi connectivity index (χ2v) is 12.9. The topological polar surface area (TPSA) is 29.3 Å². The zero-order valence-corrected chi connectivity index (χ0v) is 25.9. The number of para-hydroxylation sites is 1. The van der Waals surface area contributed by atoms with Crippen LogP contribution in [0.3, 0.4) is 0 Å². The number of rotatable bonds is 4. The average molecular weight is 592 g/mol. The quantitative estimate of drug-likeness (QED) is 0.217. The van der Waals surface area contributed by atoms with Crippen LogP contribution in [0.1, 0.15) is 36.8 Å². The first-order chi connectivity index (χ1) is 22.6. The molecular formula is C43H33N3. The van der Waals surface area contributed by atoms with Gasteiger partial charge in [0, 0.05) is 22.4 Å². The van der Waals surface area contributed by atoms with E-state index in [1.807, 2.05) is 6.20 Å². The summed E-state index contributed by atoms with van der Waals surface area (Å²) in [5.74, 6) is 0. The average Bonchev–Trinajstić information content (AvgIpc) is 3.56. The highest BCUT2D eigenvalue weighted by atomic mass is 15.3. The Kier molecular flexibility index (Phi) is 5.91. The van der Waals surface area contributed by atoms with Crippen LogP contribution < -0.4 is 5.32 Å². The third-order valence-corrected chi connectivity index (χ3v) is 9.89. The number of nitrogens with zero attached hydrogens (tertiary/aromatic N) is 2. The van der Waals surface area contributed by atoms with Crippen molar-refractivity contribution in [2.45, 2.75) is 25.6 Å². The second-order valence-electron chi connectivity index (χ2n) is 12.9. The molecule has 6 aromatic carbocycles. The molecule has 1 atom stereocenters. The largest absolute Gasteiger partial charge is 0.353 e. The van der Waals surface area contributed by atoms with Crippen LogP contribution in [0.25, 0.3) is 55.2 Å². The van der Waals surface area contributed by atoms with Crippen molar-refractivity contribution in [3.63, 3.8) is 0 Å². The fourth-order valence-corrected chi connectivity index (χ4v) is 7.53. The monoisotopic (exact) mass is 591 g/mol. The van der Waals surface area contributed by atoms with Crippen LogP contribution in [0.4, 0.5) is 0 Å². The molecule has 0 bridgehead atoms. The van der Waals surface area contributed by atoms with Gasteiger partial charge in [0.1, 0.15) is 0 Å². The zero-order chi connectivity index (χ0) is 30.8. The van der Waals surface area contributed by atoms with Gasteiger partial charge in [0.05, 0.1) is 16.7 Å². The number of benzene rings is 6. The highest BCUT2D eigenvalue weighted by Gasteiger charge is 2.36. The minimum atomic E-state index is -0.269. The van der Waals surface area contributed by atoms with Crippen molar-refractivity contribution in [1.29, 1.82) is 0 Å². The van der Waals surface area contributed by atoms with Crippen LogP contribution in [0.15, 0.2) is 157 Å². The molecule has 1 aliphatic carbocycles. The van der Waals surface area contributed by atoms with Gasteiger partial charge in [-0.1, -0.05) is 129 Å². The van der Waals surface area contributed by atoms with E-state index < -0.39 is 0 Å². The summed E-state index contributed by atoms with van der Waals surface area (Å²) in [7, 11) is 0. The Morgan fingerprint density at radius 2 is 1.22 bits per heavy atom. The molecule has 0 radical (unpaired) electrons. The van der Waals surface area contributed by atoms with E-state index in [-0.39, 0.29) is 11.7 Å². The molecule has 1 aromatic heterocycles. The fourth-order valence-electron chi connectivity index (χ4n) is 7.53. The summed E-state index contributed by atoms with van der Waals surface area (Å²) in [5.41, 5.74) is 14.7. The van der Waals surface area contributed by atoms with Crippen molar-refractivity contribution < 1.29 is 0 Å². The first-order valence-corrected chi connectivity index (χ1v) is 16.0. The van der Waals surface area contributed by atoms with E-state index in [0.29, 0.717) is 0 Å². The van der Waals surface area contributed by atoms with Gasteiger partial charge in [0.2, 0.25) is 6.29 Å². The van der Waals surface area contributed by atoms with E-state index in [9.17, 15) is 0 Å². The summed E-state index contributed by atoms with van der Waals surface area (Å²) in [4.78, 5) is 5.30. The molecule has 46 heavy (non-hydrogen) atoms. The van der Waals surface area contributed by atoms with Crippen LogP contribution in [0, 0.1) is 0 Å². The smallest absolute Gasteiger partial charge is 0.201 e. The minimum Gasteiger partial charge on any atom is -0.353 e. The lowest BCUT2D eigenvalue weighted by molar-refractivity contribution is 0.498. The summed E-state index contributed by atoms with van der Waals surface area (Å²) in [6.45, 7) is 4.69. The van der Waals surface area contributed by atoms with E-state index in [1.165, 1.54) is 66.3 Å². The van der Waals surface area contributed by atoms with E-state index in [0.717, 1.165) is 11.3 Å². The van der Waals surface area contributed by atoms with Crippen molar-refractivity contribution in [2.75, 3.05) is 0 Å². The van der Waals surface area contributed by atoms with Gasteiger partial charge in [0.15, 0.2) is 0 Å². The van der Waals surface area contributed by atoms with Crippen LogP contribution in [0.5, 0.6) is 0 Å². The third-order valence-electron chi connectivity index (χ3n) is 9.89.